The summed E-state index contributed by atoms with van der Waals surface area (Å²) in [5, 5.41) is 0.134. The van der Waals surface area contributed by atoms with Crippen molar-refractivity contribution in [2.45, 2.75) is 11.8 Å². The van der Waals surface area contributed by atoms with E-state index in [4.69, 9.17) is 0 Å². The number of nitrogens with zero attached hydrogens (tertiary/aromatic N) is 1. The van der Waals surface area contributed by atoms with E-state index in [0.717, 1.165) is 6.07 Å². The number of hydrogen-bond acceptors (Lipinski definition) is 1. The molecular formula is C7H4BrF3IN. The van der Waals surface area contributed by atoms with Gasteiger partial charge in [0.2, 0.25) is 0 Å². The van der Waals surface area contributed by atoms with E-state index in [9.17, 15) is 13.2 Å². The van der Waals surface area contributed by atoms with Gasteiger partial charge in [0.05, 0.1) is 5.69 Å². The van der Waals surface area contributed by atoms with Crippen molar-refractivity contribution < 1.29 is 13.2 Å². The Morgan fingerprint density at radius 2 is 2.15 bits per heavy atom. The Morgan fingerprint density at radius 3 is 2.62 bits per heavy atom. The zero-order valence-electron chi connectivity index (χ0n) is 6.20. The Hall–Kier alpha value is 0.150. The first-order valence-electron chi connectivity index (χ1n) is 3.25. The molecule has 0 fully saturated rings. The van der Waals surface area contributed by atoms with Crippen molar-refractivity contribution in [2.24, 2.45) is 0 Å². The molecule has 0 bridgehead atoms. The van der Waals surface area contributed by atoms with Gasteiger partial charge in [-0.25, -0.2) is 18.2 Å². The van der Waals surface area contributed by atoms with Crippen molar-refractivity contribution in [1.29, 1.82) is 0 Å². The van der Waals surface area contributed by atoms with Crippen LogP contribution in [-0.2, 0) is 5.33 Å². The maximum atomic E-state index is 13.0. The molecule has 13 heavy (non-hydrogen) atoms. The van der Waals surface area contributed by atoms with Gasteiger partial charge in [0, 0.05) is 8.90 Å². The van der Waals surface area contributed by atoms with Crippen LogP contribution in [0.25, 0.3) is 0 Å². The second-order valence-electron chi connectivity index (χ2n) is 2.22. The quantitative estimate of drug-likeness (QED) is 0.575. The fourth-order valence-electron chi connectivity index (χ4n) is 0.767. The lowest BCUT2D eigenvalue weighted by Gasteiger charge is -2.05. The van der Waals surface area contributed by atoms with Gasteiger partial charge in [0.15, 0.2) is 0 Å². The van der Waals surface area contributed by atoms with Gasteiger partial charge in [-0.15, -0.1) is 0 Å². The van der Waals surface area contributed by atoms with Crippen molar-refractivity contribution in [2.75, 3.05) is 0 Å². The summed E-state index contributed by atoms with van der Waals surface area (Å²) in [4.78, 5) is 3.51. The first-order valence-corrected chi connectivity index (χ1v) is 5.45. The average molecular weight is 366 g/mol. The lowest BCUT2D eigenvalue weighted by atomic mass is 10.3. The minimum atomic E-state index is -2.66. The molecule has 0 aromatic carbocycles. The highest BCUT2D eigenvalue weighted by molar-refractivity contribution is 14.1. The van der Waals surface area contributed by atoms with Gasteiger partial charge in [0.1, 0.15) is 11.5 Å². The molecule has 0 saturated heterocycles. The van der Waals surface area contributed by atoms with Gasteiger partial charge in [-0.2, -0.15) is 0 Å². The molecule has 0 spiro atoms. The van der Waals surface area contributed by atoms with E-state index in [1.54, 1.807) is 22.6 Å². The monoisotopic (exact) mass is 365 g/mol. The fraction of sp³-hybridized carbons (Fsp3) is 0.286. The Balaban J connectivity index is 3.22. The summed E-state index contributed by atoms with van der Waals surface area (Å²) in [6, 6.07) is 1.06. The molecule has 1 rings (SSSR count). The second kappa shape index (κ2) is 4.59. The molecular weight excluding hydrogens is 362 g/mol. The van der Waals surface area contributed by atoms with Crippen molar-refractivity contribution >= 4 is 38.5 Å². The van der Waals surface area contributed by atoms with Crippen molar-refractivity contribution in [3.8, 4) is 0 Å². The molecule has 0 radical (unpaired) electrons. The SMILES string of the molecule is Fc1cc(I)c(C(F)F)nc1CBr. The van der Waals surface area contributed by atoms with Crippen LogP contribution in [0, 0.1) is 9.39 Å². The van der Waals surface area contributed by atoms with E-state index in [1.807, 2.05) is 0 Å². The average Bonchev–Trinajstić information content (AvgIpc) is 2.03. The molecule has 0 aliphatic heterocycles. The van der Waals surface area contributed by atoms with Crippen LogP contribution in [0.4, 0.5) is 13.2 Å². The van der Waals surface area contributed by atoms with Crippen molar-refractivity contribution in [3.05, 3.63) is 26.8 Å². The molecule has 0 aliphatic rings. The first-order chi connectivity index (χ1) is 6.06. The van der Waals surface area contributed by atoms with E-state index in [1.165, 1.54) is 0 Å². The summed E-state index contributed by atoms with van der Waals surface area (Å²) in [6.07, 6.45) is -2.66. The zero-order valence-corrected chi connectivity index (χ0v) is 9.94. The molecule has 72 valence electrons. The molecule has 1 nitrogen and oxygen atoms in total. The molecule has 1 heterocycles. The lowest BCUT2D eigenvalue weighted by molar-refractivity contribution is 0.144. The van der Waals surface area contributed by atoms with Crippen molar-refractivity contribution in [3.63, 3.8) is 0 Å². The van der Waals surface area contributed by atoms with E-state index in [0.29, 0.717) is 0 Å². The standard InChI is InChI=1S/C7H4BrF3IN/c8-2-5-3(9)1-4(12)6(13-5)7(10)11/h1,7H,2H2. The third-order valence-corrected chi connectivity index (χ3v) is 2.76. The van der Waals surface area contributed by atoms with E-state index < -0.39 is 12.2 Å². The van der Waals surface area contributed by atoms with Crippen LogP contribution >= 0.6 is 38.5 Å². The van der Waals surface area contributed by atoms with Crippen LogP contribution < -0.4 is 0 Å². The molecule has 1 aromatic heterocycles. The number of alkyl halides is 3. The maximum absolute atomic E-state index is 13.0. The van der Waals surface area contributed by atoms with Gasteiger partial charge < -0.3 is 0 Å². The van der Waals surface area contributed by atoms with Gasteiger partial charge in [-0.3, -0.25) is 0 Å². The smallest absolute Gasteiger partial charge is 0.247 e. The highest BCUT2D eigenvalue weighted by Gasteiger charge is 2.16. The fourth-order valence-corrected chi connectivity index (χ4v) is 1.79. The molecule has 6 heteroatoms. The van der Waals surface area contributed by atoms with Crippen LogP contribution in [-0.4, -0.2) is 4.98 Å². The van der Waals surface area contributed by atoms with Gasteiger partial charge in [0.25, 0.3) is 6.43 Å². The molecule has 0 saturated carbocycles. The van der Waals surface area contributed by atoms with E-state index in [-0.39, 0.29) is 20.3 Å². The summed E-state index contributed by atoms with van der Waals surface area (Å²) in [5.41, 5.74) is -0.354. The molecule has 0 atom stereocenters. The largest absolute Gasteiger partial charge is 0.281 e. The molecule has 1 aromatic rings. The summed E-state index contributed by atoms with van der Waals surface area (Å²) in [6.45, 7) is 0. The third-order valence-electron chi connectivity index (χ3n) is 1.36. The van der Waals surface area contributed by atoms with Gasteiger partial charge in [-0.1, -0.05) is 15.9 Å². The lowest BCUT2D eigenvalue weighted by Crippen LogP contribution is -2.01. The van der Waals surface area contributed by atoms with Crippen LogP contribution in [0.2, 0.25) is 0 Å². The summed E-state index contributed by atoms with van der Waals surface area (Å²) in [7, 11) is 0. The van der Waals surface area contributed by atoms with Crippen LogP contribution in [0.1, 0.15) is 17.8 Å². The van der Waals surface area contributed by atoms with E-state index in [2.05, 4.69) is 20.9 Å². The maximum Gasteiger partial charge on any atom is 0.281 e. The molecule has 0 unspecified atom stereocenters. The number of rotatable bonds is 2. The summed E-state index contributed by atoms with van der Waals surface area (Å²) in [5.74, 6) is -0.564. The number of hydrogen-bond donors (Lipinski definition) is 0. The van der Waals surface area contributed by atoms with Gasteiger partial charge in [-0.05, 0) is 28.7 Å². The predicted octanol–water partition coefficient (Wildman–Crippen LogP) is 3.66. The Morgan fingerprint density at radius 1 is 1.54 bits per heavy atom. The molecule has 0 aliphatic carbocycles. The number of aromatic nitrogens is 1. The minimum absolute atomic E-state index is 0.00992. The van der Waals surface area contributed by atoms with E-state index >= 15 is 0 Å². The minimum Gasteiger partial charge on any atom is -0.247 e. The highest BCUT2D eigenvalue weighted by Crippen LogP contribution is 2.24. The Labute approximate surface area is 95.0 Å². The van der Waals surface area contributed by atoms with Crippen LogP contribution in [0.3, 0.4) is 0 Å². The summed E-state index contributed by atoms with van der Waals surface area (Å²) < 4.78 is 37.6. The second-order valence-corrected chi connectivity index (χ2v) is 3.94. The highest BCUT2D eigenvalue weighted by atomic mass is 127. The predicted molar refractivity (Wildman–Crippen MR) is 54.5 cm³/mol. The summed E-state index contributed by atoms with van der Waals surface area (Å²) >= 11 is 4.60. The van der Waals surface area contributed by atoms with Crippen molar-refractivity contribution in [1.82, 2.24) is 4.98 Å². The Bertz CT molecular complexity index is 319. The topological polar surface area (TPSA) is 12.9 Å². The van der Waals surface area contributed by atoms with Gasteiger partial charge >= 0.3 is 0 Å². The normalized spacial score (nSPS) is 10.9. The number of halogens is 5. The van der Waals surface area contributed by atoms with Crippen LogP contribution in [0.15, 0.2) is 6.07 Å². The molecule has 0 N–H and O–H groups in total. The third kappa shape index (κ3) is 2.55. The van der Waals surface area contributed by atoms with Crippen LogP contribution in [0.5, 0.6) is 0 Å². The first kappa shape index (κ1) is 11.2. The molecule has 0 amide bonds. The Kier molecular flexibility index (Phi) is 3.96. The number of pyridine rings is 1. The zero-order chi connectivity index (χ0) is 10.0.